The third-order valence-electron chi connectivity index (χ3n) is 3.59. The number of nitrogens with one attached hydrogen (secondary N) is 1. The zero-order chi connectivity index (χ0) is 14.4. The molecule has 0 amide bonds. The molecule has 3 nitrogen and oxygen atoms in total. The lowest BCUT2D eigenvalue weighted by Crippen LogP contribution is -2.27. The second-order valence-corrected chi connectivity index (χ2v) is 5.16. The Bertz CT molecular complexity index is 422. The minimum atomic E-state index is -0.984. The lowest BCUT2D eigenvalue weighted by atomic mass is 10.1. The Hall–Kier alpha value is -1.04. The zero-order valence-electron chi connectivity index (χ0n) is 11.4. The number of aliphatic hydroxyl groups excluding tert-OH is 1. The van der Waals surface area contributed by atoms with E-state index in [1.807, 2.05) is 0 Å². The summed E-state index contributed by atoms with van der Waals surface area (Å²) in [6, 6.07) is 3.19. The van der Waals surface area contributed by atoms with E-state index in [1.54, 1.807) is 0 Å². The molecule has 2 rings (SSSR count). The topological polar surface area (TPSA) is 41.5 Å². The van der Waals surface area contributed by atoms with Crippen molar-refractivity contribution in [2.24, 2.45) is 0 Å². The first-order chi connectivity index (χ1) is 9.66. The quantitative estimate of drug-likeness (QED) is 0.757. The van der Waals surface area contributed by atoms with Crippen LogP contribution in [-0.4, -0.2) is 30.9 Å². The third-order valence-corrected chi connectivity index (χ3v) is 3.59. The fraction of sp³-hybridized carbons (Fsp3) is 0.600. The molecule has 1 aromatic rings. The first kappa shape index (κ1) is 15.4. The van der Waals surface area contributed by atoms with Gasteiger partial charge in [-0.3, -0.25) is 0 Å². The summed E-state index contributed by atoms with van der Waals surface area (Å²) in [6.07, 6.45) is 4.12. The molecular formula is C15H21F2NO2. The number of benzene rings is 1. The summed E-state index contributed by atoms with van der Waals surface area (Å²) in [7, 11) is 0. The maximum Gasteiger partial charge on any atom is 0.131 e. The number of aliphatic hydroxyl groups is 1. The van der Waals surface area contributed by atoms with E-state index >= 15 is 0 Å². The van der Waals surface area contributed by atoms with Crippen LogP contribution in [0.2, 0.25) is 0 Å². The van der Waals surface area contributed by atoms with Crippen LogP contribution in [0.4, 0.5) is 8.78 Å². The Morgan fingerprint density at radius 3 is 2.75 bits per heavy atom. The van der Waals surface area contributed by atoms with E-state index < -0.39 is 17.7 Å². The molecule has 0 radical (unpaired) electrons. The molecule has 0 spiro atoms. The summed E-state index contributed by atoms with van der Waals surface area (Å²) in [5, 5.41) is 12.9. The summed E-state index contributed by atoms with van der Waals surface area (Å²) < 4.78 is 31.8. The monoisotopic (exact) mass is 285 g/mol. The van der Waals surface area contributed by atoms with E-state index in [0.717, 1.165) is 25.0 Å². The van der Waals surface area contributed by atoms with Gasteiger partial charge in [0.15, 0.2) is 0 Å². The van der Waals surface area contributed by atoms with Gasteiger partial charge in [0.1, 0.15) is 11.6 Å². The third kappa shape index (κ3) is 4.51. The van der Waals surface area contributed by atoms with Gasteiger partial charge in [0.05, 0.1) is 18.8 Å². The Morgan fingerprint density at radius 2 is 2.05 bits per heavy atom. The number of ether oxygens (including phenoxy) is 1. The van der Waals surface area contributed by atoms with Crippen LogP contribution in [0.1, 0.15) is 37.4 Å². The molecule has 0 aromatic heterocycles. The standard InChI is InChI=1S/C15H21F2NO2/c16-11-5-6-13(14(17)9-11)15(19)10-18-7-8-20-12-3-1-2-4-12/h5-6,9,12,15,18-19H,1-4,7-8,10H2. The molecule has 1 fully saturated rings. The fourth-order valence-electron chi connectivity index (χ4n) is 2.47. The van der Waals surface area contributed by atoms with Crippen molar-refractivity contribution < 1.29 is 18.6 Å². The lowest BCUT2D eigenvalue weighted by molar-refractivity contribution is 0.0584. The number of halogens is 2. The van der Waals surface area contributed by atoms with E-state index in [1.165, 1.54) is 18.9 Å². The predicted octanol–water partition coefficient (Wildman–Crippen LogP) is 2.55. The second kappa shape index (κ2) is 7.67. The maximum absolute atomic E-state index is 13.4. The molecule has 2 N–H and O–H groups in total. The minimum Gasteiger partial charge on any atom is -0.387 e. The predicted molar refractivity (Wildman–Crippen MR) is 72.4 cm³/mol. The van der Waals surface area contributed by atoms with Crippen molar-refractivity contribution in [3.05, 3.63) is 35.4 Å². The fourth-order valence-corrected chi connectivity index (χ4v) is 2.47. The molecule has 0 bridgehead atoms. The molecule has 0 heterocycles. The number of hydrogen-bond acceptors (Lipinski definition) is 3. The lowest BCUT2D eigenvalue weighted by Gasteiger charge is -2.14. The number of hydrogen-bond donors (Lipinski definition) is 2. The van der Waals surface area contributed by atoms with E-state index in [0.29, 0.717) is 19.3 Å². The Labute approximate surface area is 117 Å². The van der Waals surface area contributed by atoms with Crippen LogP contribution in [0.15, 0.2) is 18.2 Å². The Kier molecular flexibility index (Phi) is 5.88. The normalized spacial score (nSPS) is 17.6. The molecule has 0 saturated heterocycles. The van der Waals surface area contributed by atoms with Crippen molar-refractivity contribution in [2.45, 2.75) is 37.9 Å². The van der Waals surface area contributed by atoms with Crippen LogP contribution in [-0.2, 0) is 4.74 Å². The molecule has 1 saturated carbocycles. The molecule has 1 aliphatic rings. The summed E-state index contributed by atoms with van der Waals surface area (Å²) in [6.45, 7) is 1.41. The highest BCUT2D eigenvalue weighted by atomic mass is 19.1. The Balaban J connectivity index is 1.65. The van der Waals surface area contributed by atoms with Gasteiger partial charge in [-0.2, -0.15) is 0 Å². The highest BCUT2D eigenvalue weighted by Gasteiger charge is 2.15. The van der Waals surface area contributed by atoms with Gasteiger partial charge in [0.25, 0.3) is 0 Å². The van der Waals surface area contributed by atoms with Crippen LogP contribution < -0.4 is 5.32 Å². The molecule has 1 unspecified atom stereocenters. The van der Waals surface area contributed by atoms with Crippen molar-refractivity contribution in [2.75, 3.05) is 19.7 Å². The van der Waals surface area contributed by atoms with E-state index in [2.05, 4.69) is 5.32 Å². The minimum absolute atomic E-state index is 0.107. The van der Waals surface area contributed by atoms with Crippen LogP contribution in [0.3, 0.4) is 0 Å². The van der Waals surface area contributed by atoms with Crippen LogP contribution in [0.25, 0.3) is 0 Å². The summed E-state index contributed by atoms with van der Waals surface area (Å²) in [4.78, 5) is 0. The highest BCUT2D eigenvalue weighted by molar-refractivity contribution is 5.21. The molecule has 1 aromatic carbocycles. The molecule has 5 heteroatoms. The largest absolute Gasteiger partial charge is 0.387 e. The maximum atomic E-state index is 13.4. The molecule has 20 heavy (non-hydrogen) atoms. The van der Waals surface area contributed by atoms with E-state index in [9.17, 15) is 13.9 Å². The smallest absolute Gasteiger partial charge is 0.131 e. The first-order valence-corrected chi connectivity index (χ1v) is 7.12. The summed E-state index contributed by atoms with van der Waals surface area (Å²) in [5.41, 5.74) is 0.107. The van der Waals surface area contributed by atoms with Crippen molar-refractivity contribution in [3.63, 3.8) is 0 Å². The van der Waals surface area contributed by atoms with Crippen molar-refractivity contribution in [1.82, 2.24) is 5.32 Å². The van der Waals surface area contributed by atoms with E-state index in [4.69, 9.17) is 4.74 Å². The molecule has 0 aliphatic heterocycles. The first-order valence-electron chi connectivity index (χ1n) is 7.12. The summed E-state index contributed by atoms with van der Waals surface area (Å²) >= 11 is 0. The van der Waals surface area contributed by atoms with Crippen LogP contribution in [0.5, 0.6) is 0 Å². The SMILES string of the molecule is OC(CNCCOC1CCCC1)c1ccc(F)cc1F. The van der Waals surface area contributed by atoms with Crippen LogP contribution >= 0.6 is 0 Å². The Morgan fingerprint density at radius 1 is 1.30 bits per heavy atom. The molecule has 1 atom stereocenters. The van der Waals surface area contributed by atoms with Crippen molar-refractivity contribution in [3.8, 4) is 0 Å². The van der Waals surface area contributed by atoms with Gasteiger partial charge in [0.2, 0.25) is 0 Å². The van der Waals surface area contributed by atoms with Gasteiger partial charge < -0.3 is 15.2 Å². The van der Waals surface area contributed by atoms with Crippen molar-refractivity contribution >= 4 is 0 Å². The summed E-state index contributed by atoms with van der Waals surface area (Å²) in [5.74, 6) is -1.36. The second-order valence-electron chi connectivity index (χ2n) is 5.16. The average Bonchev–Trinajstić information content (AvgIpc) is 2.91. The van der Waals surface area contributed by atoms with Crippen molar-refractivity contribution in [1.29, 1.82) is 0 Å². The van der Waals surface area contributed by atoms with Gasteiger partial charge >= 0.3 is 0 Å². The van der Waals surface area contributed by atoms with Gasteiger partial charge in [0, 0.05) is 24.7 Å². The highest BCUT2D eigenvalue weighted by Crippen LogP contribution is 2.20. The number of rotatable bonds is 7. The molecular weight excluding hydrogens is 264 g/mol. The molecule has 112 valence electrons. The molecule has 1 aliphatic carbocycles. The van der Waals surface area contributed by atoms with E-state index in [-0.39, 0.29) is 12.1 Å². The average molecular weight is 285 g/mol. The van der Waals surface area contributed by atoms with Gasteiger partial charge in [-0.15, -0.1) is 0 Å². The van der Waals surface area contributed by atoms with Gasteiger partial charge in [-0.25, -0.2) is 8.78 Å². The van der Waals surface area contributed by atoms with Crippen LogP contribution in [0, 0.1) is 11.6 Å². The zero-order valence-corrected chi connectivity index (χ0v) is 11.4. The van der Waals surface area contributed by atoms with Gasteiger partial charge in [-0.05, 0) is 18.9 Å². The van der Waals surface area contributed by atoms with Gasteiger partial charge in [-0.1, -0.05) is 18.9 Å².